The third kappa shape index (κ3) is 5.71. The molecular weight excluding hydrogens is 314 g/mol. The number of anilines is 1. The predicted octanol–water partition coefficient (Wildman–Crippen LogP) is 2.01. The fourth-order valence-electron chi connectivity index (χ4n) is 2.00. The van der Waals surface area contributed by atoms with Crippen molar-refractivity contribution in [1.29, 1.82) is 0 Å². The minimum atomic E-state index is -0.173. The van der Waals surface area contributed by atoms with E-state index in [0.29, 0.717) is 17.4 Å². The molecule has 0 saturated carbocycles. The van der Waals surface area contributed by atoms with Gasteiger partial charge >= 0.3 is 0 Å². The van der Waals surface area contributed by atoms with Crippen LogP contribution in [0.15, 0.2) is 29.6 Å². The van der Waals surface area contributed by atoms with E-state index in [1.54, 1.807) is 12.5 Å². The molecule has 1 aromatic carbocycles. The number of methoxy groups -OCH3 is 1. The fraction of sp³-hybridized carbons (Fsp3) is 0.312. The summed E-state index contributed by atoms with van der Waals surface area (Å²) in [5, 5.41) is 7.75. The number of ether oxygens (including phenoxy) is 1. The SMILES string of the molecule is COc1cccc(CCNC(=O)Cc2csc(NC(C)=O)n2)c1. The zero-order valence-corrected chi connectivity index (χ0v) is 13.9. The highest BCUT2D eigenvalue weighted by Crippen LogP contribution is 2.15. The Bertz CT molecular complexity index is 685. The molecule has 0 aliphatic carbocycles. The zero-order valence-electron chi connectivity index (χ0n) is 13.1. The highest BCUT2D eigenvalue weighted by Gasteiger charge is 2.08. The van der Waals surface area contributed by atoms with Crippen molar-refractivity contribution >= 4 is 28.3 Å². The quantitative estimate of drug-likeness (QED) is 0.812. The minimum Gasteiger partial charge on any atom is -0.497 e. The number of nitrogens with one attached hydrogen (secondary N) is 2. The predicted molar refractivity (Wildman–Crippen MR) is 89.8 cm³/mol. The Morgan fingerprint density at radius 3 is 2.91 bits per heavy atom. The summed E-state index contributed by atoms with van der Waals surface area (Å²) in [6.07, 6.45) is 0.936. The number of carbonyl (C=O) groups is 2. The molecule has 2 rings (SSSR count). The number of rotatable bonds is 7. The van der Waals surface area contributed by atoms with E-state index in [-0.39, 0.29) is 18.2 Å². The molecule has 122 valence electrons. The van der Waals surface area contributed by atoms with E-state index in [0.717, 1.165) is 17.7 Å². The van der Waals surface area contributed by atoms with Gasteiger partial charge in [-0.3, -0.25) is 9.59 Å². The van der Waals surface area contributed by atoms with E-state index >= 15 is 0 Å². The topological polar surface area (TPSA) is 80.3 Å². The van der Waals surface area contributed by atoms with Crippen LogP contribution >= 0.6 is 11.3 Å². The summed E-state index contributed by atoms with van der Waals surface area (Å²) in [5.41, 5.74) is 1.75. The number of benzene rings is 1. The van der Waals surface area contributed by atoms with Gasteiger partial charge in [-0.15, -0.1) is 11.3 Å². The molecule has 0 fully saturated rings. The molecule has 2 amide bonds. The molecule has 2 N–H and O–H groups in total. The third-order valence-electron chi connectivity index (χ3n) is 3.05. The Hall–Kier alpha value is -2.41. The standard InChI is InChI=1S/C16H19N3O3S/c1-11(20)18-16-19-13(10-23-16)9-15(21)17-7-6-12-4-3-5-14(8-12)22-2/h3-5,8,10H,6-7,9H2,1-2H3,(H,17,21)(H,18,19,20). The van der Waals surface area contributed by atoms with Gasteiger partial charge < -0.3 is 15.4 Å². The molecular formula is C16H19N3O3S. The average Bonchev–Trinajstić information content (AvgIpc) is 2.93. The van der Waals surface area contributed by atoms with Crippen LogP contribution in [-0.2, 0) is 22.4 Å². The van der Waals surface area contributed by atoms with Crippen molar-refractivity contribution in [2.75, 3.05) is 19.0 Å². The van der Waals surface area contributed by atoms with Crippen LogP contribution in [0.5, 0.6) is 5.75 Å². The van der Waals surface area contributed by atoms with Gasteiger partial charge in [0.1, 0.15) is 5.75 Å². The van der Waals surface area contributed by atoms with Gasteiger partial charge in [-0.25, -0.2) is 4.98 Å². The molecule has 2 aromatic rings. The van der Waals surface area contributed by atoms with Gasteiger partial charge in [-0.05, 0) is 24.1 Å². The Labute approximate surface area is 138 Å². The van der Waals surface area contributed by atoms with Crippen LogP contribution in [0, 0.1) is 0 Å². The van der Waals surface area contributed by atoms with Gasteiger partial charge in [0.25, 0.3) is 0 Å². The molecule has 0 radical (unpaired) electrons. The summed E-state index contributed by atoms with van der Waals surface area (Å²) in [4.78, 5) is 27.0. The van der Waals surface area contributed by atoms with Gasteiger partial charge in [0.05, 0.1) is 19.2 Å². The number of hydrogen-bond acceptors (Lipinski definition) is 5. The van der Waals surface area contributed by atoms with Crippen molar-refractivity contribution in [1.82, 2.24) is 10.3 Å². The number of thiazole rings is 1. The van der Waals surface area contributed by atoms with Crippen LogP contribution in [0.25, 0.3) is 0 Å². The van der Waals surface area contributed by atoms with E-state index in [2.05, 4.69) is 15.6 Å². The van der Waals surface area contributed by atoms with Gasteiger partial charge in [0.2, 0.25) is 11.8 Å². The van der Waals surface area contributed by atoms with Crippen LogP contribution in [0.3, 0.4) is 0 Å². The van der Waals surface area contributed by atoms with E-state index in [1.807, 2.05) is 24.3 Å². The summed E-state index contributed by atoms with van der Waals surface area (Å²) < 4.78 is 5.17. The van der Waals surface area contributed by atoms with Crippen molar-refractivity contribution < 1.29 is 14.3 Å². The molecule has 23 heavy (non-hydrogen) atoms. The number of nitrogens with zero attached hydrogens (tertiary/aromatic N) is 1. The smallest absolute Gasteiger partial charge is 0.226 e. The molecule has 0 spiro atoms. The first-order valence-electron chi connectivity index (χ1n) is 7.18. The summed E-state index contributed by atoms with van der Waals surface area (Å²) >= 11 is 1.31. The number of aromatic nitrogens is 1. The molecule has 1 heterocycles. The molecule has 0 aliphatic heterocycles. The van der Waals surface area contributed by atoms with Crippen LogP contribution in [0.2, 0.25) is 0 Å². The van der Waals surface area contributed by atoms with E-state index < -0.39 is 0 Å². The van der Waals surface area contributed by atoms with Gasteiger partial charge in [-0.2, -0.15) is 0 Å². The first-order chi connectivity index (χ1) is 11.1. The van der Waals surface area contributed by atoms with Gasteiger partial charge in [0, 0.05) is 18.8 Å². The number of amides is 2. The maximum atomic E-state index is 11.9. The minimum absolute atomic E-state index is 0.0902. The van der Waals surface area contributed by atoms with Crippen LogP contribution < -0.4 is 15.4 Å². The Kier molecular flexibility index (Phi) is 6.10. The normalized spacial score (nSPS) is 10.2. The van der Waals surface area contributed by atoms with Crippen LogP contribution in [-0.4, -0.2) is 30.5 Å². The molecule has 0 unspecified atom stereocenters. The second-order valence-electron chi connectivity index (χ2n) is 4.95. The van der Waals surface area contributed by atoms with Gasteiger partial charge in [-0.1, -0.05) is 12.1 Å². The summed E-state index contributed by atoms with van der Waals surface area (Å²) in [6.45, 7) is 1.97. The highest BCUT2D eigenvalue weighted by atomic mass is 32.1. The highest BCUT2D eigenvalue weighted by molar-refractivity contribution is 7.13. The number of hydrogen-bond donors (Lipinski definition) is 2. The summed E-state index contributed by atoms with van der Waals surface area (Å²) in [5.74, 6) is 0.544. The Balaban J connectivity index is 1.76. The van der Waals surface area contributed by atoms with Crippen molar-refractivity contribution in [2.24, 2.45) is 0 Å². The van der Waals surface area contributed by atoms with Crippen molar-refractivity contribution in [2.45, 2.75) is 19.8 Å². The van der Waals surface area contributed by atoms with Crippen molar-refractivity contribution in [3.05, 3.63) is 40.9 Å². The second kappa shape index (κ2) is 8.28. The third-order valence-corrected chi connectivity index (χ3v) is 3.85. The largest absolute Gasteiger partial charge is 0.497 e. The molecule has 0 atom stereocenters. The Morgan fingerprint density at radius 2 is 2.17 bits per heavy atom. The lowest BCUT2D eigenvalue weighted by molar-refractivity contribution is -0.120. The Morgan fingerprint density at radius 1 is 1.35 bits per heavy atom. The average molecular weight is 333 g/mol. The molecule has 6 nitrogen and oxygen atoms in total. The first kappa shape index (κ1) is 17.0. The lowest BCUT2D eigenvalue weighted by atomic mass is 10.1. The molecule has 0 bridgehead atoms. The zero-order chi connectivity index (χ0) is 16.7. The lowest BCUT2D eigenvalue weighted by Crippen LogP contribution is -2.27. The van der Waals surface area contributed by atoms with Crippen molar-refractivity contribution in [3.8, 4) is 5.75 Å². The van der Waals surface area contributed by atoms with E-state index in [1.165, 1.54) is 18.3 Å². The van der Waals surface area contributed by atoms with Crippen molar-refractivity contribution in [3.63, 3.8) is 0 Å². The molecule has 1 aromatic heterocycles. The fourth-order valence-corrected chi connectivity index (χ4v) is 2.75. The summed E-state index contributed by atoms with van der Waals surface area (Å²) in [6, 6.07) is 7.76. The monoisotopic (exact) mass is 333 g/mol. The molecule has 0 saturated heterocycles. The van der Waals surface area contributed by atoms with E-state index in [4.69, 9.17) is 4.74 Å². The summed E-state index contributed by atoms with van der Waals surface area (Å²) in [7, 11) is 1.63. The van der Waals surface area contributed by atoms with Crippen LogP contribution in [0.4, 0.5) is 5.13 Å². The lowest BCUT2D eigenvalue weighted by Gasteiger charge is -2.06. The molecule has 7 heteroatoms. The molecule has 0 aliphatic rings. The maximum Gasteiger partial charge on any atom is 0.226 e. The van der Waals surface area contributed by atoms with Gasteiger partial charge in [0.15, 0.2) is 5.13 Å². The van der Waals surface area contributed by atoms with E-state index in [9.17, 15) is 9.59 Å². The second-order valence-corrected chi connectivity index (χ2v) is 5.81. The number of carbonyl (C=O) groups excluding carboxylic acids is 2. The maximum absolute atomic E-state index is 11.9. The first-order valence-corrected chi connectivity index (χ1v) is 8.06. The van der Waals surface area contributed by atoms with Crippen LogP contribution in [0.1, 0.15) is 18.2 Å².